The number of carbonyl (C=O) groups is 2. The van der Waals surface area contributed by atoms with Gasteiger partial charge < -0.3 is 20.3 Å². The zero-order valence-corrected chi connectivity index (χ0v) is 39.5. The van der Waals surface area contributed by atoms with Gasteiger partial charge in [-0.3, -0.25) is 9.59 Å². The Morgan fingerprint density at radius 2 is 0.814 bits per heavy atom. The molecule has 0 radical (unpaired) electrons. The molecule has 0 aliphatic carbocycles. The molecule has 0 aromatic carbocycles. The van der Waals surface area contributed by atoms with Crippen LogP contribution in [0.15, 0.2) is 24.3 Å². The Morgan fingerprint density at radius 1 is 0.458 bits per heavy atom. The Hall–Kier alpha value is -1.66. The molecule has 6 heteroatoms. The highest BCUT2D eigenvalue weighted by Gasteiger charge is 2.17. The normalized spacial score (nSPS) is 12.8. The monoisotopic (exact) mass is 832 g/mol. The van der Waals surface area contributed by atoms with Gasteiger partial charge in [-0.25, -0.2) is 0 Å². The van der Waals surface area contributed by atoms with E-state index in [0.717, 1.165) is 70.6 Å². The number of nitrogens with one attached hydrogen (secondary N) is 1. The third kappa shape index (κ3) is 45.7. The minimum Gasteiger partial charge on any atom is -0.466 e. The number of aliphatic hydroxyl groups excluding tert-OH is 2. The Labute approximate surface area is 367 Å². The van der Waals surface area contributed by atoms with Gasteiger partial charge in [0, 0.05) is 12.8 Å². The standard InChI is InChI=1S/C53H101NO5/c1-3-5-7-9-11-13-15-17-19-21-22-24-26-29-33-37-41-45-51(56)50(49-55)54-52(57)46-42-38-34-30-28-32-36-40-44-48-59-53(58)47-43-39-35-31-27-25-23-20-18-16-14-12-10-8-6-4-2/h30,34,41,45,50-51,55-56H,3-29,31-33,35-40,42-44,46-49H2,1-2H3,(H,54,57)/b34-30-,45-41+. The van der Waals surface area contributed by atoms with Crippen molar-refractivity contribution in [3.05, 3.63) is 24.3 Å². The van der Waals surface area contributed by atoms with Crippen molar-refractivity contribution in [2.75, 3.05) is 13.2 Å². The summed E-state index contributed by atoms with van der Waals surface area (Å²) in [6.45, 7) is 4.82. The minimum atomic E-state index is -0.874. The van der Waals surface area contributed by atoms with Crippen LogP contribution in [0.2, 0.25) is 0 Å². The molecular formula is C53H101NO5. The maximum Gasteiger partial charge on any atom is 0.305 e. The molecule has 0 saturated carbocycles. The molecule has 59 heavy (non-hydrogen) atoms. The number of unbranched alkanes of at least 4 members (excludes halogenated alkanes) is 35. The first-order valence-corrected chi connectivity index (χ1v) is 26.1. The maximum atomic E-state index is 12.4. The molecule has 0 rings (SSSR count). The summed E-state index contributed by atoms with van der Waals surface area (Å²) < 4.78 is 5.44. The highest BCUT2D eigenvalue weighted by Crippen LogP contribution is 2.16. The average molecular weight is 832 g/mol. The number of amides is 1. The maximum absolute atomic E-state index is 12.4. The SMILES string of the molecule is CCCCCCCCCCCCCCCCC/C=C/C(O)C(CO)NC(=O)CCC/C=C\CCCCCCOC(=O)CCCCCCCCCCCCCCCCCC. The van der Waals surface area contributed by atoms with Crippen molar-refractivity contribution in [3.8, 4) is 0 Å². The molecular weight excluding hydrogens is 731 g/mol. The molecule has 2 atom stereocenters. The Kier molecular flexibility index (Phi) is 47.6. The molecule has 0 fully saturated rings. The second-order valence-electron chi connectivity index (χ2n) is 17.9. The fourth-order valence-corrected chi connectivity index (χ4v) is 7.93. The average Bonchev–Trinajstić information content (AvgIpc) is 3.24. The lowest BCUT2D eigenvalue weighted by atomic mass is 10.0. The van der Waals surface area contributed by atoms with Crippen LogP contribution >= 0.6 is 0 Å². The smallest absolute Gasteiger partial charge is 0.305 e. The summed E-state index contributed by atoms with van der Waals surface area (Å²) in [7, 11) is 0. The van der Waals surface area contributed by atoms with Crippen LogP contribution in [0, 0.1) is 0 Å². The fourth-order valence-electron chi connectivity index (χ4n) is 7.93. The summed E-state index contributed by atoms with van der Waals surface area (Å²) in [4.78, 5) is 24.5. The predicted molar refractivity (Wildman–Crippen MR) is 255 cm³/mol. The molecule has 0 saturated heterocycles. The van der Waals surface area contributed by atoms with Crippen LogP contribution in [0.4, 0.5) is 0 Å². The van der Waals surface area contributed by atoms with Gasteiger partial charge in [0.15, 0.2) is 0 Å². The second kappa shape index (κ2) is 49.0. The number of allylic oxidation sites excluding steroid dienone is 3. The third-order valence-corrected chi connectivity index (χ3v) is 12.0. The van der Waals surface area contributed by atoms with E-state index in [2.05, 4.69) is 31.3 Å². The van der Waals surface area contributed by atoms with Gasteiger partial charge in [-0.1, -0.05) is 237 Å². The van der Waals surface area contributed by atoms with Crippen LogP contribution in [0.5, 0.6) is 0 Å². The Morgan fingerprint density at radius 3 is 1.24 bits per heavy atom. The van der Waals surface area contributed by atoms with E-state index in [1.54, 1.807) is 6.08 Å². The lowest BCUT2D eigenvalue weighted by Gasteiger charge is -2.19. The zero-order chi connectivity index (χ0) is 43.0. The number of hydrogen-bond acceptors (Lipinski definition) is 5. The van der Waals surface area contributed by atoms with Crippen molar-refractivity contribution >= 4 is 11.9 Å². The highest BCUT2D eigenvalue weighted by atomic mass is 16.5. The number of esters is 1. The van der Waals surface area contributed by atoms with Crippen LogP contribution < -0.4 is 5.32 Å². The molecule has 0 aromatic heterocycles. The van der Waals surface area contributed by atoms with E-state index in [0.29, 0.717) is 19.4 Å². The van der Waals surface area contributed by atoms with Gasteiger partial charge >= 0.3 is 5.97 Å². The van der Waals surface area contributed by atoms with Crippen molar-refractivity contribution in [1.82, 2.24) is 5.32 Å². The van der Waals surface area contributed by atoms with Crippen LogP contribution in [0.25, 0.3) is 0 Å². The van der Waals surface area contributed by atoms with Crippen molar-refractivity contribution < 1.29 is 24.5 Å². The summed E-state index contributed by atoms with van der Waals surface area (Å²) >= 11 is 0. The quantitative estimate of drug-likeness (QED) is 0.0322. The van der Waals surface area contributed by atoms with Crippen molar-refractivity contribution in [1.29, 1.82) is 0 Å². The van der Waals surface area contributed by atoms with Gasteiger partial charge in [0.1, 0.15) is 0 Å². The molecule has 0 heterocycles. The molecule has 3 N–H and O–H groups in total. The van der Waals surface area contributed by atoms with Gasteiger partial charge in [-0.05, 0) is 51.4 Å². The summed E-state index contributed by atoms with van der Waals surface area (Å²) in [5, 5.41) is 23.0. The largest absolute Gasteiger partial charge is 0.466 e. The van der Waals surface area contributed by atoms with E-state index in [-0.39, 0.29) is 18.5 Å². The van der Waals surface area contributed by atoms with Crippen molar-refractivity contribution in [3.63, 3.8) is 0 Å². The zero-order valence-electron chi connectivity index (χ0n) is 39.5. The molecule has 0 aromatic rings. The van der Waals surface area contributed by atoms with Crippen LogP contribution in [0.3, 0.4) is 0 Å². The first-order valence-electron chi connectivity index (χ1n) is 26.1. The molecule has 6 nitrogen and oxygen atoms in total. The molecule has 0 bridgehead atoms. The predicted octanol–water partition coefficient (Wildman–Crippen LogP) is 15.5. The van der Waals surface area contributed by atoms with E-state index in [4.69, 9.17) is 4.74 Å². The van der Waals surface area contributed by atoms with Crippen molar-refractivity contribution in [2.24, 2.45) is 0 Å². The van der Waals surface area contributed by atoms with Gasteiger partial charge in [-0.2, -0.15) is 0 Å². The fraction of sp³-hybridized carbons (Fsp3) is 0.887. The minimum absolute atomic E-state index is 0.0346. The van der Waals surface area contributed by atoms with Crippen LogP contribution in [-0.2, 0) is 14.3 Å². The number of carbonyl (C=O) groups excluding carboxylic acids is 2. The summed E-state index contributed by atoms with van der Waals surface area (Å²) in [6, 6.07) is -0.664. The van der Waals surface area contributed by atoms with Gasteiger partial charge in [0.25, 0.3) is 0 Å². The van der Waals surface area contributed by atoms with E-state index < -0.39 is 12.1 Å². The summed E-state index contributed by atoms with van der Waals surface area (Å²) in [5.41, 5.74) is 0. The summed E-state index contributed by atoms with van der Waals surface area (Å²) in [6.07, 6.45) is 57.6. The summed E-state index contributed by atoms with van der Waals surface area (Å²) in [5.74, 6) is -0.161. The number of hydrogen-bond donors (Lipinski definition) is 3. The van der Waals surface area contributed by atoms with E-state index in [1.165, 1.54) is 180 Å². The van der Waals surface area contributed by atoms with E-state index in [9.17, 15) is 19.8 Å². The van der Waals surface area contributed by atoms with Crippen LogP contribution in [0.1, 0.15) is 277 Å². The van der Waals surface area contributed by atoms with Gasteiger partial charge in [-0.15, -0.1) is 0 Å². The first-order chi connectivity index (χ1) is 29.0. The number of aliphatic hydroxyl groups is 2. The highest BCUT2D eigenvalue weighted by molar-refractivity contribution is 5.76. The van der Waals surface area contributed by atoms with Crippen molar-refractivity contribution in [2.45, 2.75) is 289 Å². The molecule has 2 unspecified atom stereocenters. The first kappa shape index (κ1) is 57.3. The van der Waals surface area contributed by atoms with Gasteiger partial charge in [0.05, 0.1) is 25.4 Å². The Bertz CT molecular complexity index is 920. The number of rotatable bonds is 48. The van der Waals surface area contributed by atoms with Gasteiger partial charge in [0.2, 0.25) is 5.91 Å². The topological polar surface area (TPSA) is 95.9 Å². The molecule has 348 valence electrons. The van der Waals surface area contributed by atoms with E-state index in [1.807, 2.05) is 6.08 Å². The molecule has 1 amide bonds. The molecule has 0 aliphatic rings. The lowest BCUT2D eigenvalue weighted by Crippen LogP contribution is -2.45. The second-order valence-corrected chi connectivity index (χ2v) is 17.9. The lowest BCUT2D eigenvalue weighted by molar-refractivity contribution is -0.143. The number of ether oxygens (including phenoxy) is 1. The Balaban J connectivity index is 3.56. The van der Waals surface area contributed by atoms with Crippen LogP contribution in [-0.4, -0.2) is 47.4 Å². The molecule has 0 aliphatic heterocycles. The molecule has 0 spiro atoms. The third-order valence-electron chi connectivity index (χ3n) is 12.0. The van der Waals surface area contributed by atoms with E-state index >= 15 is 0 Å².